The lowest BCUT2D eigenvalue weighted by Gasteiger charge is -2.24. The molecule has 2 heterocycles. The quantitative estimate of drug-likeness (QED) is 0.188. The Kier molecular flexibility index (Phi) is 8.87. The number of aryl methyl sites for hydroxylation is 2. The number of hydrogen-bond acceptors (Lipinski definition) is 8. The molecular weight excluding hydrogens is 545 g/mol. The summed E-state index contributed by atoms with van der Waals surface area (Å²) < 4.78 is 44.1. The van der Waals surface area contributed by atoms with Crippen molar-refractivity contribution in [2.45, 2.75) is 32.5 Å². The van der Waals surface area contributed by atoms with Crippen LogP contribution in [0.2, 0.25) is 0 Å². The maximum Gasteiger partial charge on any atom is 0.416 e. The molecule has 0 spiro atoms. The molecule has 9 nitrogen and oxygen atoms in total. The van der Waals surface area contributed by atoms with E-state index in [1.807, 2.05) is 0 Å². The van der Waals surface area contributed by atoms with Crippen LogP contribution < -0.4 is 10.2 Å². The number of hydrogen-bond donors (Lipinski definition) is 1. The maximum atomic E-state index is 14.1. The predicted octanol–water partition coefficient (Wildman–Crippen LogP) is 5.77. The summed E-state index contributed by atoms with van der Waals surface area (Å²) in [6.07, 6.45) is -2.13. The summed E-state index contributed by atoms with van der Waals surface area (Å²) in [6.45, 7) is 1.76. The molecule has 4 rings (SSSR count). The zero-order valence-electron chi connectivity index (χ0n) is 23.2. The molecule has 0 bridgehead atoms. The third-order valence-corrected chi connectivity index (χ3v) is 6.74. The van der Waals surface area contributed by atoms with Gasteiger partial charge < -0.3 is 14.8 Å². The lowest BCUT2D eigenvalue weighted by Crippen LogP contribution is -2.23. The molecule has 42 heavy (non-hydrogen) atoms. The standard InChI is InChI=1S/C30H27F3N8O/c1-4-19-10-22(17-42)25(26(12-19)30(31,32)33)16-40(2)28-14-21(13-27(38-28)36-9-5-8-34)24-11-20(15-35)6-7-23(24)29-39-37-18-41(29)3/h6-7,10-14,17-18H,4-5,9,16H2,1-3H3,(H,36,38). The number of benzene rings is 2. The summed E-state index contributed by atoms with van der Waals surface area (Å²) in [5.41, 5.74) is 1.65. The minimum atomic E-state index is -4.67. The molecule has 4 aromatic rings. The van der Waals surface area contributed by atoms with Gasteiger partial charge in [0.25, 0.3) is 0 Å². The van der Waals surface area contributed by atoms with Crippen molar-refractivity contribution in [2.75, 3.05) is 23.8 Å². The van der Waals surface area contributed by atoms with Gasteiger partial charge in [0.2, 0.25) is 0 Å². The highest BCUT2D eigenvalue weighted by Crippen LogP contribution is 2.37. The topological polar surface area (TPSA) is 124 Å². The first-order chi connectivity index (χ1) is 20.1. The van der Waals surface area contributed by atoms with Crippen LogP contribution in [0.4, 0.5) is 24.8 Å². The van der Waals surface area contributed by atoms with E-state index in [2.05, 4.69) is 32.6 Å². The van der Waals surface area contributed by atoms with Gasteiger partial charge in [-0.1, -0.05) is 6.92 Å². The predicted molar refractivity (Wildman–Crippen MR) is 151 cm³/mol. The van der Waals surface area contributed by atoms with Gasteiger partial charge in [-0.25, -0.2) is 4.98 Å². The number of anilines is 2. The largest absolute Gasteiger partial charge is 0.416 e. The Morgan fingerprint density at radius 3 is 2.52 bits per heavy atom. The molecule has 0 fully saturated rings. The van der Waals surface area contributed by atoms with Crippen molar-refractivity contribution in [1.29, 1.82) is 10.5 Å². The van der Waals surface area contributed by atoms with Gasteiger partial charge in [-0.15, -0.1) is 10.2 Å². The number of aromatic nitrogens is 4. The Morgan fingerprint density at radius 1 is 1.12 bits per heavy atom. The normalized spacial score (nSPS) is 11.0. The van der Waals surface area contributed by atoms with E-state index >= 15 is 0 Å². The van der Waals surface area contributed by atoms with Crippen molar-refractivity contribution in [1.82, 2.24) is 19.7 Å². The average molecular weight is 573 g/mol. The molecule has 0 unspecified atom stereocenters. The third kappa shape index (κ3) is 6.39. The second kappa shape index (κ2) is 12.5. The average Bonchev–Trinajstić information content (AvgIpc) is 3.41. The zero-order valence-corrected chi connectivity index (χ0v) is 23.2. The van der Waals surface area contributed by atoms with Gasteiger partial charge in [-0.2, -0.15) is 23.7 Å². The number of carbonyl (C=O) groups excluding carboxylic acids is 1. The highest BCUT2D eigenvalue weighted by Gasteiger charge is 2.35. The molecule has 1 N–H and O–H groups in total. The van der Waals surface area contributed by atoms with Crippen LogP contribution in [0.3, 0.4) is 0 Å². The van der Waals surface area contributed by atoms with E-state index in [0.717, 1.165) is 6.07 Å². The van der Waals surface area contributed by atoms with E-state index in [4.69, 9.17) is 5.26 Å². The van der Waals surface area contributed by atoms with Gasteiger partial charge >= 0.3 is 6.18 Å². The van der Waals surface area contributed by atoms with Gasteiger partial charge in [-0.05, 0) is 71.1 Å². The second-order valence-corrected chi connectivity index (χ2v) is 9.61. The van der Waals surface area contributed by atoms with Crippen LogP contribution in [0.5, 0.6) is 0 Å². The summed E-state index contributed by atoms with van der Waals surface area (Å²) in [6, 6.07) is 15.3. The molecule has 2 aromatic heterocycles. The maximum absolute atomic E-state index is 14.1. The summed E-state index contributed by atoms with van der Waals surface area (Å²) >= 11 is 0. The number of alkyl halides is 3. The number of halogens is 3. The van der Waals surface area contributed by atoms with Crippen LogP contribution in [-0.2, 0) is 26.2 Å². The number of nitrogens with one attached hydrogen (secondary N) is 1. The summed E-state index contributed by atoms with van der Waals surface area (Å²) in [7, 11) is 3.37. The lowest BCUT2D eigenvalue weighted by atomic mass is 9.95. The van der Waals surface area contributed by atoms with Crippen molar-refractivity contribution >= 4 is 17.9 Å². The zero-order chi connectivity index (χ0) is 30.4. The number of carbonyl (C=O) groups is 1. The van der Waals surface area contributed by atoms with Crippen LogP contribution >= 0.6 is 0 Å². The van der Waals surface area contributed by atoms with Gasteiger partial charge in [0.1, 0.15) is 24.2 Å². The van der Waals surface area contributed by atoms with E-state index in [1.54, 1.807) is 62.2 Å². The molecular formula is C30H27F3N8O. The Labute approximate surface area is 240 Å². The number of aldehydes is 1. The molecule has 0 aliphatic heterocycles. The van der Waals surface area contributed by atoms with Crippen molar-refractivity contribution in [3.05, 3.63) is 76.6 Å². The first-order valence-electron chi connectivity index (χ1n) is 13.0. The second-order valence-electron chi connectivity index (χ2n) is 9.61. The first kappa shape index (κ1) is 29.7. The van der Waals surface area contributed by atoms with E-state index in [0.29, 0.717) is 58.0 Å². The van der Waals surface area contributed by atoms with Crippen LogP contribution in [0.1, 0.15) is 46.0 Å². The molecule has 2 aromatic carbocycles. The summed E-state index contributed by atoms with van der Waals surface area (Å²) in [5, 5.41) is 29.9. The van der Waals surface area contributed by atoms with Gasteiger partial charge in [-0.3, -0.25) is 4.79 Å². The first-order valence-corrected chi connectivity index (χ1v) is 13.0. The molecule has 0 atom stereocenters. The van der Waals surface area contributed by atoms with Crippen LogP contribution in [0.25, 0.3) is 22.5 Å². The van der Waals surface area contributed by atoms with E-state index in [1.165, 1.54) is 11.0 Å². The van der Waals surface area contributed by atoms with Crippen LogP contribution in [-0.4, -0.2) is 39.6 Å². The minimum absolute atomic E-state index is 0.0386. The van der Waals surface area contributed by atoms with Crippen LogP contribution in [0.15, 0.2) is 48.8 Å². The minimum Gasteiger partial charge on any atom is -0.369 e. The highest BCUT2D eigenvalue weighted by atomic mass is 19.4. The molecule has 0 aliphatic rings. The van der Waals surface area contributed by atoms with Crippen molar-refractivity contribution < 1.29 is 18.0 Å². The Hall–Kier alpha value is -5.23. The molecule has 0 saturated heterocycles. The fourth-order valence-corrected chi connectivity index (χ4v) is 4.59. The van der Waals surface area contributed by atoms with Gasteiger partial charge in [0.15, 0.2) is 5.82 Å². The summed E-state index contributed by atoms with van der Waals surface area (Å²) in [5.74, 6) is 1.23. The van der Waals surface area contributed by atoms with E-state index < -0.39 is 11.7 Å². The Morgan fingerprint density at radius 2 is 1.90 bits per heavy atom. The summed E-state index contributed by atoms with van der Waals surface area (Å²) in [4.78, 5) is 18.0. The number of nitrogens with zero attached hydrogens (tertiary/aromatic N) is 7. The van der Waals surface area contributed by atoms with Gasteiger partial charge in [0.05, 0.1) is 29.7 Å². The SMILES string of the molecule is CCc1cc(C=O)c(CN(C)c2cc(-c3cc(C#N)ccc3-c3nncn3C)cc(NCCC#N)n2)c(C(F)(F)F)c1. The van der Waals surface area contributed by atoms with Crippen molar-refractivity contribution in [2.24, 2.45) is 7.05 Å². The molecule has 0 radical (unpaired) electrons. The fraction of sp³-hybridized carbons (Fsp3) is 0.267. The molecule has 0 aliphatic carbocycles. The highest BCUT2D eigenvalue weighted by molar-refractivity contribution is 5.84. The third-order valence-electron chi connectivity index (χ3n) is 6.74. The number of pyridine rings is 1. The lowest BCUT2D eigenvalue weighted by molar-refractivity contribution is -0.138. The molecule has 12 heteroatoms. The van der Waals surface area contributed by atoms with Crippen molar-refractivity contribution in [3.8, 4) is 34.7 Å². The monoisotopic (exact) mass is 572 g/mol. The van der Waals surface area contributed by atoms with E-state index in [-0.39, 0.29) is 30.6 Å². The van der Waals surface area contributed by atoms with Crippen LogP contribution in [0, 0.1) is 22.7 Å². The van der Waals surface area contributed by atoms with Crippen molar-refractivity contribution in [3.63, 3.8) is 0 Å². The number of nitriles is 2. The number of rotatable bonds is 10. The Bertz CT molecular complexity index is 1700. The molecule has 214 valence electrons. The Balaban J connectivity index is 1.87. The van der Waals surface area contributed by atoms with E-state index in [9.17, 15) is 23.2 Å². The fourth-order valence-electron chi connectivity index (χ4n) is 4.59. The molecule has 0 amide bonds. The van der Waals surface area contributed by atoms with Gasteiger partial charge in [0, 0.05) is 38.3 Å². The smallest absolute Gasteiger partial charge is 0.369 e. The molecule has 0 saturated carbocycles.